The molecule has 0 amide bonds. The predicted octanol–water partition coefficient (Wildman–Crippen LogP) is 0.539. The van der Waals surface area contributed by atoms with Crippen LogP contribution in [0, 0.1) is 0 Å². The molecule has 0 atom stereocenters. The largest absolute Gasteiger partial charge is 0.330 e. The van der Waals surface area contributed by atoms with Gasteiger partial charge in [0.1, 0.15) is 0 Å². The standard InChI is InChI=1S/C6H17N3.3ClH/c7-3-1-2-5-9-6-4-8;;;/h9H,1-8H2;3*1H. The molecule has 6 heteroatoms. The second-order valence-electron chi connectivity index (χ2n) is 2.03. The first kappa shape index (κ1) is 23.0. The summed E-state index contributed by atoms with van der Waals surface area (Å²) in [5.74, 6) is 0. The maximum Gasteiger partial charge on any atom is 0.00745 e. The SMILES string of the molecule is Cl.Cl.Cl.NCCCCNCCN. The molecule has 0 bridgehead atoms. The number of hydrogen-bond acceptors (Lipinski definition) is 3. The van der Waals surface area contributed by atoms with Crippen LogP contribution in [-0.2, 0) is 0 Å². The average Bonchev–Trinajstić information content (AvgIpc) is 1.89. The van der Waals surface area contributed by atoms with E-state index < -0.39 is 0 Å². The summed E-state index contributed by atoms with van der Waals surface area (Å²) in [6.07, 6.45) is 2.27. The molecule has 0 rings (SSSR count). The third kappa shape index (κ3) is 22.4. The van der Waals surface area contributed by atoms with Gasteiger partial charge < -0.3 is 16.8 Å². The molecule has 0 aliphatic heterocycles. The molecule has 0 heterocycles. The third-order valence-corrected chi connectivity index (χ3v) is 1.13. The van der Waals surface area contributed by atoms with E-state index in [2.05, 4.69) is 5.32 Å². The molecule has 0 saturated heterocycles. The van der Waals surface area contributed by atoms with Crippen molar-refractivity contribution in [1.82, 2.24) is 5.32 Å². The van der Waals surface area contributed by atoms with E-state index in [4.69, 9.17) is 11.5 Å². The molecule has 0 aromatic carbocycles. The van der Waals surface area contributed by atoms with E-state index in [1.54, 1.807) is 0 Å². The van der Waals surface area contributed by atoms with Gasteiger partial charge in [0.15, 0.2) is 0 Å². The van der Waals surface area contributed by atoms with Gasteiger partial charge in [-0.25, -0.2) is 0 Å². The zero-order valence-electron chi connectivity index (χ0n) is 7.12. The molecule has 12 heavy (non-hydrogen) atoms. The number of halogens is 3. The zero-order valence-corrected chi connectivity index (χ0v) is 9.57. The summed E-state index contributed by atoms with van der Waals surface area (Å²) in [4.78, 5) is 0. The molecule has 0 aromatic heterocycles. The minimum absolute atomic E-state index is 0. The summed E-state index contributed by atoms with van der Waals surface area (Å²) in [5.41, 5.74) is 10.5. The van der Waals surface area contributed by atoms with Crippen molar-refractivity contribution in [2.24, 2.45) is 11.5 Å². The highest BCUT2D eigenvalue weighted by atomic mass is 35.5. The molecule has 0 saturated carbocycles. The van der Waals surface area contributed by atoms with Crippen molar-refractivity contribution in [3.8, 4) is 0 Å². The van der Waals surface area contributed by atoms with Gasteiger partial charge in [-0.2, -0.15) is 0 Å². The number of nitrogens with two attached hydrogens (primary N) is 2. The number of nitrogens with one attached hydrogen (secondary N) is 1. The molecule has 5 N–H and O–H groups in total. The Hall–Kier alpha value is 0.750. The van der Waals surface area contributed by atoms with Crippen LogP contribution in [0.4, 0.5) is 0 Å². The van der Waals surface area contributed by atoms with Crippen LogP contribution < -0.4 is 16.8 Å². The Bertz CT molecular complexity index is 51.3. The Balaban J connectivity index is -0.000000107. The lowest BCUT2D eigenvalue weighted by atomic mass is 10.3. The Labute approximate surface area is 93.3 Å². The van der Waals surface area contributed by atoms with Crippen LogP contribution in [0.3, 0.4) is 0 Å². The quantitative estimate of drug-likeness (QED) is 0.594. The van der Waals surface area contributed by atoms with Crippen molar-refractivity contribution < 1.29 is 0 Å². The van der Waals surface area contributed by atoms with Crippen molar-refractivity contribution in [3.05, 3.63) is 0 Å². The first-order chi connectivity index (χ1) is 4.41. The molecule has 0 aliphatic rings. The van der Waals surface area contributed by atoms with E-state index in [0.29, 0.717) is 0 Å². The third-order valence-electron chi connectivity index (χ3n) is 1.13. The van der Waals surface area contributed by atoms with E-state index in [1.165, 1.54) is 0 Å². The summed E-state index contributed by atoms with van der Waals surface area (Å²) in [7, 11) is 0. The van der Waals surface area contributed by atoms with E-state index in [-0.39, 0.29) is 37.2 Å². The molecule has 0 radical (unpaired) electrons. The van der Waals surface area contributed by atoms with Crippen molar-refractivity contribution in [1.29, 1.82) is 0 Å². The molecule has 80 valence electrons. The highest BCUT2D eigenvalue weighted by Crippen LogP contribution is 1.80. The van der Waals surface area contributed by atoms with Gasteiger partial charge in [-0.1, -0.05) is 0 Å². The van der Waals surface area contributed by atoms with Gasteiger partial charge in [-0.3, -0.25) is 0 Å². The molecular formula is C6H20Cl3N3. The van der Waals surface area contributed by atoms with Crippen LogP contribution in [0.2, 0.25) is 0 Å². The fraction of sp³-hybridized carbons (Fsp3) is 1.00. The van der Waals surface area contributed by atoms with Gasteiger partial charge in [-0.05, 0) is 25.9 Å². The Kier molecular flexibility index (Phi) is 43.3. The topological polar surface area (TPSA) is 64.1 Å². The van der Waals surface area contributed by atoms with E-state index in [1.807, 2.05) is 0 Å². The lowest BCUT2D eigenvalue weighted by Gasteiger charge is -1.99. The van der Waals surface area contributed by atoms with E-state index in [0.717, 1.165) is 39.0 Å². The lowest BCUT2D eigenvalue weighted by Crippen LogP contribution is -2.23. The number of hydrogen-bond donors (Lipinski definition) is 3. The number of unbranched alkanes of at least 4 members (excludes halogenated alkanes) is 1. The van der Waals surface area contributed by atoms with Gasteiger partial charge in [0, 0.05) is 13.1 Å². The molecule has 0 unspecified atom stereocenters. The van der Waals surface area contributed by atoms with Crippen LogP contribution in [0.15, 0.2) is 0 Å². The smallest absolute Gasteiger partial charge is 0.00745 e. The maximum absolute atomic E-state index is 5.29. The van der Waals surface area contributed by atoms with Crippen LogP contribution in [0.1, 0.15) is 12.8 Å². The van der Waals surface area contributed by atoms with Crippen molar-refractivity contribution >= 4 is 37.2 Å². The van der Waals surface area contributed by atoms with Gasteiger partial charge in [0.05, 0.1) is 0 Å². The molecule has 0 spiro atoms. The predicted molar refractivity (Wildman–Crippen MR) is 62.0 cm³/mol. The zero-order chi connectivity index (χ0) is 6.95. The maximum atomic E-state index is 5.29. The Morgan fingerprint density at radius 3 is 1.75 bits per heavy atom. The van der Waals surface area contributed by atoms with Crippen LogP contribution >= 0.6 is 37.2 Å². The lowest BCUT2D eigenvalue weighted by molar-refractivity contribution is 0.631. The molecular weight excluding hydrogens is 220 g/mol. The second-order valence-corrected chi connectivity index (χ2v) is 2.03. The first-order valence-corrected chi connectivity index (χ1v) is 3.52. The summed E-state index contributed by atoms with van der Waals surface area (Å²) in [6, 6.07) is 0. The molecule has 0 aliphatic carbocycles. The highest BCUT2D eigenvalue weighted by molar-refractivity contribution is 5.86. The normalized spacial score (nSPS) is 7.50. The van der Waals surface area contributed by atoms with Gasteiger partial charge in [-0.15, -0.1) is 37.2 Å². The molecule has 0 aromatic rings. The minimum Gasteiger partial charge on any atom is -0.330 e. The summed E-state index contributed by atoms with van der Waals surface area (Å²) in [5, 5.41) is 3.19. The summed E-state index contributed by atoms with van der Waals surface area (Å²) < 4.78 is 0. The van der Waals surface area contributed by atoms with Gasteiger partial charge >= 0.3 is 0 Å². The van der Waals surface area contributed by atoms with E-state index in [9.17, 15) is 0 Å². The monoisotopic (exact) mass is 239 g/mol. The van der Waals surface area contributed by atoms with E-state index >= 15 is 0 Å². The number of rotatable bonds is 6. The summed E-state index contributed by atoms with van der Waals surface area (Å²) >= 11 is 0. The second kappa shape index (κ2) is 22.6. The van der Waals surface area contributed by atoms with Gasteiger partial charge in [0.25, 0.3) is 0 Å². The van der Waals surface area contributed by atoms with Crippen LogP contribution in [0.5, 0.6) is 0 Å². The molecule has 3 nitrogen and oxygen atoms in total. The molecule has 0 fully saturated rings. The van der Waals surface area contributed by atoms with Crippen LogP contribution in [-0.4, -0.2) is 26.2 Å². The van der Waals surface area contributed by atoms with Crippen molar-refractivity contribution in [3.63, 3.8) is 0 Å². The van der Waals surface area contributed by atoms with Crippen molar-refractivity contribution in [2.75, 3.05) is 26.2 Å². The minimum atomic E-state index is 0. The van der Waals surface area contributed by atoms with Gasteiger partial charge in [0.2, 0.25) is 0 Å². The van der Waals surface area contributed by atoms with Crippen molar-refractivity contribution in [2.45, 2.75) is 12.8 Å². The Morgan fingerprint density at radius 2 is 1.33 bits per heavy atom. The summed E-state index contributed by atoms with van der Waals surface area (Å²) in [6.45, 7) is 3.49. The average molecular weight is 241 g/mol. The first-order valence-electron chi connectivity index (χ1n) is 3.52. The fourth-order valence-electron chi connectivity index (χ4n) is 0.621. The van der Waals surface area contributed by atoms with Crippen LogP contribution in [0.25, 0.3) is 0 Å². The highest BCUT2D eigenvalue weighted by Gasteiger charge is 1.83. The Morgan fingerprint density at radius 1 is 0.750 bits per heavy atom. The fourth-order valence-corrected chi connectivity index (χ4v) is 0.621.